The molecule has 1 unspecified atom stereocenters. The molecule has 4 aliphatic carbocycles. The summed E-state index contributed by atoms with van der Waals surface area (Å²) in [7, 11) is 0. The minimum atomic E-state index is -0.0376. The summed E-state index contributed by atoms with van der Waals surface area (Å²) in [4.78, 5) is 13.5. The number of carbonyl (C=O) groups excluding carboxylic acids is 1. The van der Waals surface area contributed by atoms with E-state index in [2.05, 4.69) is 60.8 Å². The van der Waals surface area contributed by atoms with Gasteiger partial charge in [-0.15, -0.1) is 0 Å². The standard InChI is InChI=1S/C27H37NO/c1-2-3-4-5-6-7-11-14-25(24-12-9-8-10-13-24)26(29)28-27-18-21-15-22(19-27)17-23(16-21)20-27/h2-3,6-10,12-13,21-23,25H,4-5,11,14-20H2,1H3,(H,28,29)/b3-2-,7-6-. The van der Waals surface area contributed by atoms with Crippen LogP contribution in [0.2, 0.25) is 0 Å². The summed E-state index contributed by atoms with van der Waals surface area (Å²) in [5.74, 6) is 2.80. The van der Waals surface area contributed by atoms with Gasteiger partial charge in [-0.1, -0.05) is 54.6 Å². The molecule has 1 amide bonds. The molecule has 1 N–H and O–H groups in total. The molecule has 156 valence electrons. The summed E-state index contributed by atoms with van der Waals surface area (Å²) in [5.41, 5.74) is 1.26. The van der Waals surface area contributed by atoms with Crippen LogP contribution in [0.15, 0.2) is 54.6 Å². The van der Waals surface area contributed by atoms with E-state index in [9.17, 15) is 4.79 Å². The van der Waals surface area contributed by atoms with Crippen molar-refractivity contribution in [2.75, 3.05) is 0 Å². The average Bonchev–Trinajstić information content (AvgIpc) is 2.69. The summed E-state index contributed by atoms with van der Waals surface area (Å²) < 4.78 is 0. The quantitative estimate of drug-likeness (QED) is 0.375. The van der Waals surface area contributed by atoms with E-state index in [1.165, 1.54) is 38.5 Å². The molecule has 2 nitrogen and oxygen atoms in total. The lowest BCUT2D eigenvalue weighted by Gasteiger charge is -2.57. The number of rotatable bonds is 9. The largest absolute Gasteiger partial charge is 0.350 e. The molecule has 0 saturated heterocycles. The summed E-state index contributed by atoms with van der Waals surface area (Å²) in [5, 5.41) is 3.62. The van der Waals surface area contributed by atoms with Crippen LogP contribution in [-0.2, 0) is 4.79 Å². The molecule has 29 heavy (non-hydrogen) atoms. The number of carbonyl (C=O) groups is 1. The fourth-order valence-electron chi connectivity index (χ4n) is 6.60. The fourth-order valence-corrected chi connectivity index (χ4v) is 6.60. The second kappa shape index (κ2) is 9.32. The topological polar surface area (TPSA) is 29.1 Å². The van der Waals surface area contributed by atoms with Gasteiger partial charge in [0, 0.05) is 5.54 Å². The molecule has 0 heterocycles. The van der Waals surface area contributed by atoms with E-state index in [1.807, 2.05) is 6.07 Å². The summed E-state index contributed by atoms with van der Waals surface area (Å²) >= 11 is 0. The van der Waals surface area contributed by atoms with E-state index < -0.39 is 0 Å². The van der Waals surface area contributed by atoms with Gasteiger partial charge in [-0.3, -0.25) is 4.79 Å². The van der Waals surface area contributed by atoms with Gasteiger partial charge >= 0.3 is 0 Å². The highest BCUT2D eigenvalue weighted by Crippen LogP contribution is 2.55. The Morgan fingerprint density at radius 1 is 0.966 bits per heavy atom. The SMILES string of the molecule is C/C=C\CC/C=C\CCC(C(=O)NC12CC3CC(CC(C3)C1)C2)c1ccccc1. The summed E-state index contributed by atoms with van der Waals surface area (Å²) in [6.45, 7) is 2.07. The third-order valence-corrected chi connectivity index (χ3v) is 7.47. The van der Waals surface area contributed by atoms with E-state index in [0.717, 1.165) is 49.0 Å². The Balaban J connectivity index is 1.40. The van der Waals surface area contributed by atoms with Crippen LogP contribution in [0.25, 0.3) is 0 Å². The van der Waals surface area contributed by atoms with Gasteiger partial charge in [0.25, 0.3) is 0 Å². The van der Waals surface area contributed by atoms with Crippen molar-refractivity contribution in [1.29, 1.82) is 0 Å². The summed E-state index contributed by atoms with van der Waals surface area (Å²) in [6, 6.07) is 10.4. The molecule has 4 saturated carbocycles. The maximum Gasteiger partial charge on any atom is 0.227 e. The van der Waals surface area contributed by atoms with Crippen molar-refractivity contribution < 1.29 is 4.79 Å². The second-order valence-corrected chi connectivity index (χ2v) is 9.85. The van der Waals surface area contributed by atoms with Crippen LogP contribution < -0.4 is 5.32 Å². The highest BCUT2D eigenvalue weighted by molar-refractivity contribution is 5.84. The van der Waals surface area contributed by atoms with Gasteiger partial charge < -0.3 is 5.32 Å². The number of unbranched alkanes of at least 4 members (excludes halogenated alkanes) is 1. The highest BCUT2D eigenvalue weighted by atomic mass is 16.2. The van der Waals surface area contributed by atoms with Crippen molar-refractivity contribution in [3.8, 4) is 0 Å². The van der Waals surface area contributed by atoms with Gasteiger partial charge in [-0.25, -0.2) is 0 Å². The first-order chi connectivity index (χ1) is 14.2. The zero-order chi connectivity index (χ0) is 20.1. The Kier molecular flexibility index (Phi) is 6.57. The van der Waals surface area contributed by atoms with Crippen LogP contribution in [0, 0.1) is 17.8 Å². The molecule has 4 bridgehead atoms. The molecule has 2 heteroatoms. The lowest BCUT2D eigenvalue weighted by Crippen LogP contribution is -2.60. The van der Waals surface area contributed by atoms with Crippen LogP contribution in [0.4, 0.5) is 0 Å². The van der Waals surface area contributed by atoms with E-state index in [4.69, 9.17) is 0 Å². The van der Waals surface area contributed by atoms with Crippen molar-refractivity contribution in [3.05, 3.63) is 60.2 Å². The van der Waals surface area contributed by atoms with Gasteiger partial charge in [0.2, 0.25) is 5.91 Å². The molecular formula is C27H37NO. The monoisotopic (exact) mass is 391 g/mol. The molecule has 1 aromatic carbocycles. The Morgan fingerprint density at radius 3 is 2.17 bits per heavy atom. The van der Waals surface area contributed by atoms with E-state index in [-0.39, 0.29) is 17.4 Å². The number of allylic oxidation sites excluding steroid dienone is 4. The minimum absolute atomic E-state index is 0.0376. The molecule has 1 aromatic rings. The zero-order valence-corrected chi connectivity index (χ0v) is 18.0. The molecule has 1 atom stereocenters. The first-order valence-electron chi connectivity index (χ1n) is 11.8. The number of amides is 1. The zero-order valence-electron chi connectivity index (χ0n) is 18.0. The molecule has 4 fully saturated rings. The first kappa shape index (κ1) is 20.4. The van der Waals surface area contributed by atoms with Crippen molar-refractivity contribution in [2.45, 2.75) is 82.6 Å². The highest BCUT2D eigenvalue weighted by Gasteiger charge is 2.51. The maximum absolute atomic E-state index is 13.5. The number of hydrogen-bond donors (Lipinski definition) is 1. The lowest BCUT2D eigenvalue weighted by atomic mass is 9.53. The first-order valence-corrected chi connectivity index (χ1v) is 11.8. The molecule has 5 rings (SSSR count). The molecular weight excluding hydrogens is 354 g/mol. The van der Waals surface area contributed by atoms with Crippen molar-refractivity contribution in [2.24, 2.45) is 17.8 Å². The van der Waals surface area contributed by atoms with E-state index in [1.54, 1.807) is 0 Å². The maximum atomic E-state index is 13.5. The molecule has 0 spiro atoms. The van der Waals surface area contributed by atoms with Crippen LogP contribution in [0.1, 0.15) is 82.6 Å². The Hall–Kier alpha value is -1.83. The van der Waals surface area contributed by atoms with Crippen molar-refractivity contribution in [3.63, 3.8) is 0 Å². The average molecular weight is 392 g/mol. The number of hydrogen-bond acceptors (Lipinski definition) is 1. The van der Waals surface area contributed by atoms with E-state index >= 15 is 0 Å². The predicted molar refractivity (Wildman–Crippen MR) is 121 cm³/mol. The van der Waals surface area contributed by atoms with Gasteiger partial charge in [0.15, 0.2) is 0 Å². The van der Waals surface area contributed by atoms with Crippen LogP contribution >= 0.6 is 0 Å². The second-order valence-electron chi connectivity index (χ2n) is 9.85. The fraction of sp³-hybridized carbons (Fsp3) is 0.593. The van der Waals surface area contributed by atoms with Gasteiger partial charge in [0.05, 0.1) is 5.92 Å². The van der Waals surface area contributed by atoms with Crippen molar-refractivity contribution in [1.82, 2.24) is 5.32 Å². The van der Waals surface area contributed by atoms with E-state index in [0.29, 0.717) is 0 Å². The molecule has 4 aliphatic rings. The Bertz CT molecular complexity index is 697. The smallest absolute Gasteiger partial charge is 0.227 e. The Morgan fingerprint density at radius 2 is 1.55 bits per heavy atom. The van der Waals surface area contributed by atoms with Gasteiger partial charge in [-0.05, 0) is 94.4 Å². The van der Waals surface area contributed by atoms with Gasteiger partial charge in [0.1, 0.15) is 0 Å². The van der Waals surface area contributed by atoms with Crippen LogP contribution in [-0.4, -0.2) is 11.4 Å². The predicted octanol–water partition coefficient (Wildman–Crippen LogP) is 6.55. The lowest BCUT2D eigenvalue weighted by molar-refractivity contribution is -0.128. The van der Waals surface area contributed by atoms with Crippen LogP contribution in [0.5, 0.6) is 0 Å². The normalized spacial score (nSPS) is 31.6. The molecule has 0 radical (unpaired) electrons. The third-order valence-electron chi connectivity index (χ3n) is 7.47. The third kappa shape index (κ3) is 5.02. The van der Waals surface area contributed by atoms with Gasteiger partial charge in [-0.2, -0.15) is 0 Å². The molecule has 0 aromatic heterocycles. The minimum Gasteiger partial charge on any atom is -0.350 e. The van der Waals surface area contributed by atoms with Crippen LogP contribution in [0.3, 0.4) is 0 Å². The molecule has 0 aliphatic heterocycles. The summed E-state index contributed by atoms with van der Waals surface area (Å²) in [6.07, 6.45) is 20.8. The number of nitrogens with one attached hydrogen (secondary N) is 1. The van der Waals surface area contributed by atoms with Crippen molar-refractivity contribution >= 4 is 5.91 Å². The Labute approximate surface area is 176 Å². The number of benzene rings is 1.